The molecule has 103 heavy (non-hydrogen) atoms. The number of ether oxygens (including phenoxy) is 9. The first kappa shape index (κ1) is 69.9. The van der Waals surface area contributed by atoms with E-state index >= 15 is 0 Å². The van der Waals surface area contributed by atoms with Crippen molar-refractivity contribution in [2.75, 3.05) is 42.2 Å². The molecule has 18 heteroatoms. The molecule has 0 radical (unpaired) electrons. The van der Waals surface area contributed by atoms with Gasteiger partial charge in [0.1, 0.15) is 57.0 Å². The van der Waals surface area contributed by atoms with Crippen LogP contribution >= 0.6 is 0 Å². The summed E-state index contributed by atoms with van der Waals surface area (Å²) in [6.45, 7) is 1.70. The van der Waals surface area contributed by atoms with Crippen LogP contribution < -0.4 is 37.9 Å². The Morgan fingerprint density at radius 3 is 1.08 bits per heavy atom. The Bertz CT molecular complexity index is 4980. The number of hydrogen-bond donors (Lipinski definition) is 0. The standard InChI is InChI=1S/C37H31NO8.C35H29NO6.C13H11N2/c1-4-44-37(41)46-35-26-16-11-19-38-31(26)36(45-34(22-12-7-5-8-13-22)23-14-9-6-10-15-23)30-29(35)32(39)27(33(30)40)20-24-17-18-25(42-2)21-28(24)43-3;1-39-24-17-16-23(27(20-24)40-2)19-26-31(37)28-29(32(26)38)35(30-25(34(28)41-3)15-10-18-36-30)42-33(21-11-6-4-7-12-21)22-13-8-5-9-14-22;14-15-13(11-7-3-1-4-8-11)12-9-5-2-6-10-12/h5-19,21,27,34H,4,20H2,1-3H3;4-18,20,26,33H,19H2,1-3H3;1-10,13H/q;;+1. The van der Waals surface area contributed by atoms with Crippen LogP contribution in [0.25, 0.3) is 26.8 Å². The van der Waals surface area contributed by atoms with Crippen LogP contribution in [0.3, 0.4) is 0 Å². The highest BCUT2D eigenvalue weighted by Crippen LogP contribution is 2.51. The van der Waals surface area contributed by atoms with Crippen LogP contribution in [0.5, 0.6) is 46.0 Å². The first-order valence-corrected chi connectivity index (χ1v) is 33.3. The number of carbonyl (C=O) groups is 5. The topological polar surface area (TPSA) is 222 Å². The van der Waals surface area contributed by atoms with E-state index in [0.29, 0.717) is 56.2 Å². The zero-order chi connectivity index (χ0) is 71.9. The Morgan fingerprint density at radius 1 is 0.408 bits per heavy atom. The Hall–Kier alpha value is -13.0. The summed E-state index contributed by atoms with van der Waals surface area (Å²) in [5, 5.41) is 9.98. The quantitative estimate of drug-likeness (QED) is 0.0282. The summed E-state index contributed by atoms with van der Waals surface area (Å²) in [6.07, 6.45) is 1.15. The van der Waals surface area contributed by atoms with Crippen molar-refractivity contribution in [2.45, 2.75) is 38.0 Å². The van der Waals surface area contributed by atoms with E-state index in [-0.39, 0.29) is 82.1 Å². The van der Waals surface area contributed by atoms with Gasteiger partial charge in [-0.05, 0) is 89.5 Å². The number of ketones is 4. The largest absolute Gasteiger partial charge is 0.513 e. The van der Waals surface area contributed by atoms with Crippen molar-refractivity contribution >= 4 is 51.1 Å². The van der Waals surface area contributed by atoms with E-state index in [2.05, 4.69) is 14.9 Å². The lowest BCUT2D eigenvalue weighted by atomic mass is 9.94. The van der Waals surface area contributed by atoms with Crippen molar-refractivity contribution < 1.29 is 66.6 Å². The highest BCUT2D eigenvalue weighted by atomic mass is 16.7. The first-order valence-electron chi connectivity index (χ1n) is 33.3. The number of Topliss-reactive ketones (excluding diaryl/α,β-unsaturated/α-hetero) is 4. The number of rotatable bonds is 21. The summed E-state index contributed by atoms with van der Waals surface area (Å²) >= 11 is 0. The number of fused-ring (bicyclic) bond motifs is 4. The third kappa shape index (κ3) is 14.7. The normalized spacial score (nSPS) is 13.4. The maximum atomic E-state index is 14.5. The Morgan fingerprint density at radius 2 is 0.748 bits per heavy atom. The molecular weight excluding hydrogens is 1300 g/mol. The highest BCUT2D eigenvalue weighted by Gasteiger charge is 2.48. The van der Waals surface area contributed by atoms with Crippen LogP contribution in [0, 0.1) is 17.2 Å². The molecular formula is C85H71N4O14+. The number of aromatic nitrogens is 2. The number of nitrogens with zero attached hydrogens (tertiary/aromatic N) is 4. The van der Waals surface area contributed by atoms with E-state index in [1.165, 1.54) is 14.2 Å². The molecule has 12 aromatic rings. The van der Waals surface area contributed by atoms with Crippen LogP contribution in [0.15, 0.2) is 255 Å². The summed E-state index contributed by atoms with van der Waals surface area (Å²) in [5.41, 5.74) is 7.86. The number of methoxy groups -OCH3 is 5. The molecule has 2 unspecified atom stereocenters. The average molecular weight is 1370 g/mol. The van der Waals surface area contributed by atoms with Gasteiger partial charge in [-0.25, -0.2) is 4.79 Å². The second-order valence-electron chi connectivity index (χ2n) is 23.9. The molecule has 2 aromatic heterocycles. The fourth-order valence-electron chi connectivity index (χ4n) is 13.0. The van der Waals surface area contributed by atoms with Gasteiger partial charge in [-0.15, -0.1) is 0 Å². The minimum absolute atomic E-state index is 0.00448. The molecule has 18 nitrogen and oxygen atoms in total. The van der Waals surface area contributed by atoms with Gasteiger partial charge in [-0.2, -0.15) is 0 Å². The van der Waals surface area contributed by atoms with E-state index in [0.717, 1.165) is 33.4 Å². The third-order valence-corrected chi connectivity index (χ3v) is 17.9. The fourth-order valence-corrected chi connectivity index (χ4v) is 13.0. The molecule has 0 amide bonds. The molecule has 0 spiro atoms. The highest BCUT2D eigenvalue weighted by molar-refractivity contribution is 6.32. The number of diazo groups is 1. The molecule has 0 aliphatic heterocycles. The minimum atomic E-state index is -1.15. The molecule has 0 saturated carbocycles. The predicted octanol–water partition coefficient (Wildman–Crippen LogP) is 17.5. The summed E-state index contributed by atoms with van der Waals surface area (Å²) < 4.78 is 51.9. The van der Waals surface area contributed by atoms with Gasteiger partial charge in [0.25, 0.3) is 0 Å². The molecule has 0 bridgehead atoms. The smallest absolute Gasteiger partial charge is 0.497 e. The summed E-state index contributed by atoms with van der Waals surface area (Å²) in [7, 11) is 7.66. The van der Waals surface area contributed by atoms with Crippen molar-refractivity contribution in [1.82, 2.24) is 9.97 Å². The van der Waals surface area contributed by atoms with E-state index < -0.39 is 41.8 Å². The monoisotopic (exact) mass is 1370 g/mol. The molecule has 0 N–H and O–H groups in total. The molecule has 2 heterocycles. The molecule has 0 saturated heterocycles. The van der Waals surface area contributed by atoms with Gasteiger partial charge < -0.3 is 42.6 Å². The van der Waals surface area contributed by atoms with Gasteiger partial charge in [0.05, 0.1) is 76.2 Å². The van der Waals surface area contributed by atoms with Gasteiger partial charge in [-0.1, -0.05) is 194 Å². The first-order chi connectivity index (χ1) is 50.4. The third-order valence-electron chi connectivity index (χ3n) is 17.9. The summed E-state index contributed by atoms with van der Waals surface area (Å²) in [4.78, 5) is 82.4. The fraction of sp³-hybridized carbons (Fsp3) is 0.165. The molecule has 0 fully saturated rings. The number of hydrogen-bond acceptors (Lipinski definition) is 17. The maximum Gasteiger partial charge on any atom is 0.513 e. The van der Waals surface area contributed by atoms with Gasteiger partial charge in [-0.3, -0.25) is 29.1 Å². The van der Waals surface area contributed by atoms with Crippen molar-refractivity contribution in [1.29, 1.82) is 5.39 Å². The lowest BCUT2D eigenvalue weighted by Crippen LogP contribution is -2.19. The minimum Gasteiger partial charge on any atom is -0.497 e. The van der Waals surface area contributed by atoms with Crippen LogP contribution in [-0.2, 0) is 17.6 Å². The molecule has 10 aromatic carbocycles. The number of pyridine rings is 2. The predicted molar refractivity (Wildman–Crippen MR) is 389 cm³/mol. The van der Waals surface area contributed by atoms with Gasteiger partial charge in [0, 0.05) is 46.4 Å². The van der Waals surface area contributed by atoms with Gasteiger partial charge in [0.15, 0.2) is 40.4 Å². The van der Waals surface area contributed by atoms with E-state index in [9.17, 15) is 24.0 Å². The lowest BCUT2D eigenvalue weighted by molar-refractivity contribution is 0.0819. The molecule has 514 valence electrons. The van der Waals surface area contributed by atoms with Crippen LogP contribution in [-0.4, -0.2) is 81.4 Å². The van der Waals surface area contributed by atoms with Crippen molar-refractivity contribution in [3.05, 3.63) is 327 Å². The van der Waals surface area contributed by atoms with Crippen molar-refractivity contribution in [2.24, 2.45) is 11.8 Å². The zero-order valence-electron chi connectivity index (χ0n) is 57.3. The SMILES string of the molecule is CCOC(=O)Oc1c2c(c(OC(c3ccccc3)c3ccccc3)c3ncccc13)C(=O)C(Cc1ccc(OC)cc1OC)C2=O.COc1ccc(CC2C(=O)c3c(c(OC(c4ccccc4)c4ccccc4)c4ncccc4c3OC)C2=O)c(OC)c1.N#[N+]C(c1ccccc1)c1ccccc1. The Kier molecular flexibility index (Phi) is 21.9. The number of carbonyl (C=O) groups excluding carboxylic acids is 5. The lowest BCUT2D eigenvalue weighted by Gasteiger charge is -2.23. The average Bonchev–Trinajstić information content (AvgIpc) is 1.63. The van der Waals surface area contributed by atoms with Gasteiger partial charge in [0.2, 0.25) is 5.39 Å². The van der Waals surface area contributed by atoms with Crippen molar-refractivity contribution in [3.63, 3.8) is 0 Å². The summed E-state index contributed by atoms with van der Waals surface area (Å²) in [6, 6.07) is 75.3. The summed E-state index contributed by atoms with van der Waals surface area (Å²) in [5.74, 6) is -0.975. The molecule has 2 atom stereocenters. The van der Waals surface area contributed by atoms with Crippen molar-refractivity contribution in [3.8, 4) is 46.0 Å². The van der Waals surface area contributed by atoms with E-state index in [1.54, 1.807) is 89.2 Å². The molecule has 2 aliphatic carbocycles. The van der Waals surface area contributed by atoms with Gasteiger partial charge >= 0.3 is 12.2 Å². The zero-order valence-corrected chi connectivity index (χ0v) is 57.3. The van der Waals surface area contributed by atoms with Crippen LogP contribution in [0.4, 0.5) is 4.79 Å². The molecule has 14 rings (SSSR count). The molecule has 2 aliphatic rings. The Balaban J connectivity index is 0.000000162. The van der Waals surface area contributed by atoms with E-state index in [1.807, 2.05) is 194 Å². The van der Waals surface area contributed by atoms with Crippen LogP contribution in [0.2, 0.25) is 0 Å². The Labute approximate surface area is 594 Å². The second-order valence-corrected chi connectivity index (χ2v) is 23.9. The second kappa shape index (κ2) is 32.3. The van der Waals surface area contributed by atoms with E-state index in [4.69, 9.17) is 48.0 Å². The van der Waals surface area contributed by atoms with Crippen LogP contribution in [0.1, 0.15) is 111 Å². The number of benzene rings is 10. The maximum absolute atomic E-state index is 14.5.